The van der Waals surface area contributed by atoms with Crippen molar-refractivity contribution in [2.45, 2.75) is 36.1 Å². The Morgan fingerprint density at radius 2 is 1.49 bits per heavy atom. The van der Waals surface area contributed by atoms with E-state index < -0.39 is 71.2 Å². The van der Waals surface area contributed by atoms with Crippen molar-refractivity contribution in [3.63, 3.8) is 0 Å². The number of phenols is 1. The summed E-state index contributed by atoms with van der Waals surface area (Å²) in [5.74, 6) is -0.668. The zero-order chi connectivity index (χ0) is 37.4. The third-order valence-corrected chi connectivity index (χ3v) is 10.3. The molecule has 2 fully saturated rings. The van der Waals surface area contributed by atoms with Crippen LogP contribution in [0.5, 0.6) is 5.75 Å². The first kappa shape index (κ1) is 35.0. The number of anilines is 1. The highest BCUT2D eigenvalue weighted by Crippen LogP contribution is 2.64. The third-order valence-electron chi connectivity index (χ3n) is 10.3. The number of methoxy groups -OCH3 is 2. The van der Waals surface area contributed by atoms with Crippen LogP contribution in [0, 0.1) is 23.7 Å². The van der Waals surface area contributed by atoms with Gasteiger partial charge in [-0.15, -0.1) is 0 Å². The average molecular weight is 714 g/mol. The van der Waals surface area contributed by atoms with Gasteiger partial charge in [0.2, 0.25) is 11.8 Å². The first-order chi connectivity index (χ1) is 25.6. The highest BCUT2D eigenvalue weighted by molar-refractivity contribution is 6.12. The van der Waals surface area contributed by atoms with E-state index in [0.717, 1.165) is 19.8 Å². The molecule has 1 spiro atoms. The highest BCUT2D eigenvalue weighted by Gasteiger charge is 2.73. The van der Waals surface area contributed by atoms with Gasteiger partial charge in [-0.05, 0) is 52.6 Å². The van der Waals surface area contributed by atoms with Gasteiger partial charge >= 0.3 is 17.9 Å². The number of rotatable bonds is 7. The number of cyclic esters (lactones) is 1. The lowest BCUT2D eigenvalue weighted by atomic mass is 9.65. The van der Waals surface area contributed by atoms with Gasteiger partial charge in [0.15, 0.2) is 5.92 Å². The smallest absolute Gasteiger partial charge is 0.324 e. The molecule has 6 unspecified atom stereocenters. The number of ether oxygens (including phenoxy) is 3. The Morgan fingerprint density at radius 1 is 0.868 bits per heavy atom. The number of nitrogens with zero attached hydrogens (tertiary/aromatic N) is 1. The number of morpholine rings is 1. The number of aromatic hydroxyl groups is 1. The molecule has 3 heterocycles. The maximum Gasteiger partial charge on any atom is 0.324 e. The first-order valence-corrected chi connectivity index (χ1v) is 16.9. The van der Waals surface area contributed by atoms with Gasteiger partial charge in [0.05, 0.1) is 32.2 Å². The molecule has 2 amide bonds. The van der Waals surface area contributed by atoms with Crippen molar-refractivity contribution in [2.75, 3.05) is 19.5 Å². The van der Waals surface area contributed by atoms with Crippen LogP contribution in [0.1, 0.15) is 52.4 Å². The second kappa shape index (κ2) is 13.9. The van der Waals surface area contributed by atoms with Crippen LogP contribution in [-0.2, 0) is 43.6 Å². The number of carbonyl (C=O) groups is 5. The Hall–Kier alpha value is -6.45. The van der Waals surface area contributed by atoms with Crippen molar-refractivity contribution >= 4 is 35.4 Å². The predicted molar refractivity (Wildman–Crippen MR) is 189 cm³/mol. The number of nitrogens with two attached hydrogens (primary N) is 1. The summed E-state index contributed by atoms with van der Waals surface area (Å²) < 4.78 is 15.8. The summed E-state index contributed by atoms with van der Waals surface area (Å²) in [5.41, 5.74) is 7.65. The average Bonchev–Trinajstić information content (AvgIpc) is 3.65. The lowest BCUT2D eigenvalue weighted by molar-refractivity contribution is -0.178. The van der Waals surface area contributed by atoms with E-state index in [1.54, 1.807) is 30.3 Å². The van der Waals surface area contributed by atoms with Gasteiger partial charge in [-0.1, -0.05) is 84.6 Å². The summed E-state index contributed by atoms with van der Waals surface area (Å²) in [6, 6.07) is 26.9. The third kappa shape index (κ3) is 5.75. The molecule has 0 saturated carbocycles. The van der Waals surface area contributed by atoms with Crippen molar-refractivity contribution in [3.05, 3.63) is 131 Å². The molecule has 2 saturated heterocycles. The fourth-order valence-corrected chi connectivity index (χ4v) is 8.16. The van der Waals surface area contributed by atoms with Crippen LogP contribution in [0.4, 0.5) is 5.69 Å². The zero-order valence-electron chi connectivity index (χ0n) is 28.7. The molecule has 12 nitrogen and oxygen atoms in total. The number of nitrogens with one attached hydrogen (secondary N) is 1. The summed E-state index contributed by atoms with van der Waals surface area (Å²) in [4.78, 5) is 69.6. The molecule has 4 aromatic carbocycles. The Kier molecular flexibility index (Phi) is 9.19. The largest absolute Gasteiger partial charge is 0.508 e. The van der Waals surface area contributed by atoms with Crippen molar-refractivity contribution in [1.29, 1.82) is 0 Å². The molecule has 3 aliphatic heterocycles. The number of hydrogen-bond donors (Lipinski definition) is 3. The Labute approximate surface area is 304 Å². The molecule has 0 bridgehead atoms. The molecule has 4 N–H and O–H groups in total. The van der Waals surface area contributed by atoms with E-state index in [9.17, 15) is 29.1 Å². The Balaban J connectivity index is 1.46. The normalized spacial score (nSPS) is 24.3. The number of esters is 3. The fraction of sp³-hybridized carbons (Fsp3) is 0.244. The topological polar surface area (TPSA) is 175 Å². The van der Waals surface area contributed by atoms with Crippen molar-refractivity contribution in [1.82, 2.24) is 4.90 Å². The van der Waals surface area contributed by atoms with Gasteiger partial charge < -0.3 is 30.4 Å². The standard InChI is InChI=1S/C41H35N3O9/c1-51-37(47)28(38(48)52-2)15-9-10-23-16-21-30-29(22-23)41(40(50)43-30)31(36(42)46)33-39(49)53-34(25-13-7-4-8-14-25)32(24-11-5-3-6-12-24)44(33)35(41)26-17-19-27(45)20-18-26/h3-8,11-14,16-22,28,31-35,45H,15H2,1-2H3,(H2,42,46)(H,43,50). The van der Waals surface area contributed by atoms with Crippen molar-refractivity contribution in [2.24, 2.45) is 17.6 Å². The van der Waals surface area contributed by atoms with E-state index >= 15 is 0 Å². The second-order valence-electron chi connectivity index (χ2n) is 13.1. The number of phenolic OH excluding ortho intramolecular Hbond substituents is 1. The quantitative estimate of drug-likeness (QED) is 0.110. The van der Waals surface area contributed by atoms with E-state index in [0.29, 0.717) is 27.9 Å². The number of hydrogen-bond acceptors (Lipinski definition) is 10. The fourth-order valence-electron chi connectivity index (χ4n) is 8.16. The van der Waals surface area contributed by atoms with Crippen LogP contribution < -0.4 is 11.1 Å². The molecular formula is C41H35N3O9. The molecule has 12 heteroatoms. The molecule has 0 radical (unpaired) electrons. The van der Waals surface area contributed by atoms with Gasteiger partial charge in [-0.3, -0.25) is 28.9 Å². The highest BCUT2D eigenvalue weighted by atomic mass is 16.6. The molecule has 0 aromatic heterocycles. The number of fused-ring (bicyclic) bond motifs is 3. The molecule has 0 aliphatic carbocycles. The lowest BCUT2D eigenvalue weighted by Crippen LogP contribution is -2.53. The summed E-state index contributed by atoms with van der Waals surface area (Å²) in [5, 5.41) is 13.3. The van der Waals surface area contributed by atoms with Gasteiger partial charge in [-0.2, -0.15) is 0 Å². The molecule has 6 atom stereocenters. The van der Waals surface area contributed by atoms with Gasteiger partial charge in [0.1, 0.15) is 23.3 Å². The maximum absolute atomic E-state index is 14.8. The van der Waals surface area contributed by atoms with Crippen LogP contribution in [0.3, 0.4) is 0 Å². The van der Waals surface area contributed by atoms with Crippen LogP contribution >= 0.6 is 0 Å². The first-order valence-electron chi connectivity index (χ1n) is 16.9. The Bertz CT molecular complexity index is 2150. The molecule has 4 aromatic rings. The van der Waals surface area contributed by atoms with E-state index in [-0.39, 0.29) is 12.2 Å². The Morgan fingerprint density at radius 3 is 2.09 bits per heavy atom. The van der Waals surface area contributed by atoms with Crippen LogP contribution in [-0.4, -0.2) is 60.0 Å². The summed E-state index contributed by atoms with van der Waals surface area (Å²) >= 11 is 0. The SMILES string of the molecule is COC(=O)C(CC#Cc1ccc2c(c1)C1(C(=O)N2)C(C(N)=O)C2C(=O)OC(c3ccccc3)C(c3ccccc3)N2C1c1ccc(O)cc1)C(=O)OC. The zero-order valence-corrected chi connectivity index (χ0v) is 28.7. The summed E-state index contributed by atoms with van der Waals surface area (Å²) in [7, 11) is 2.31. The van der Waals surface area contributed by atoms with Crippen molar-refractivity contribution < 1.29 is 43.3 Å². The van der Waals surface area contributed by atoms with E-state index in [1.807, 2.05) is 65.6 Å². The monoisotopic (exact) mass is 713 g/mol. The summed E-state index contributed by atoms with van der Waals surface area (Å²) in [6.45, 7) is 0. The predicted octanol–water partition coefficient (Wildman–Crippen LogP) is 3.85. The second-order valence-corrected chi connectivity index (χ2v) is 13.1. The number of amides is 2. The van der Waals surface area contributed by atoms with Gasteiger partial charge in [0.25, 0.3) is 0 Å². The van der Waals surface area contributed by atoms with E-state index in [2.05, 4.69) is 17.2 Å². The number of primary amides is 1. The lowest BCUT2D eigenvalue weighted by Gasteiger charge is -2.46. The van der Waals surface area contributed by atoms with Gasteiger partial charge in [0, 0.05) is 17.7 Å². The van der Waals surface area contributed by atoms with Crippen LogP contribution in [0.2, 0.25) is 0 Å². The molecule has 7 rings (SSSR count). The summed E-state index contributed by atoms with van der Waals surface area (Å²) in [6.07, 6.45) is -1.05. The molecule has 53 heavy (non-hydrogen) atoms. The van der Waals surface area contributed by atoms with E-state index in [1.165, 1.54) is 12.1 Å². The molecule has 3 aliphatic rings. The van der Waals surface area contributed by atoms with Gasteiger partial charge in [-0.25, -0.2) is 0 Å². The van der Waals surface area contributed by atoms with Crippen LogP contribution in [0.15, 0.2) is 103 Å². The number of benzene rings is 4. The van der Waals surface area contributed by atoms with Crippen LogP contribution in [0.25, 0.3) is 0 Å². The molecular weight excluding hydrogens is 678 g/mol. The minimum absolute atomic E-state index is 0.0188. The maximum atomic E-state index is 14.8. The minimum Gasteiger partial charge on any atom is -0.508 e. The van der Waals surface area contributed by atoms with Crippen molar-refractivity contribution in [3.8, 4) is 17.6 Å². The van der Waals surface area contributed by atoms with E-state index in [4.69, 9.17) is 19.9 Å². The number of carbonyl (C=O) groups excluding carboxylic acids is 5. The minimum atomic E-state index is -1.79. The molecule has 268 valence electrons.